The van der Waals surface area contributed by atoms with Gasteiger partial charge in [0.15, 0.2) is 11.6 Å². The largest absolute Gasteiger partial charge is 0.461 e. The minimum absolute atomic E-state index is 0.535. The van der Waals surface area contributed by atoms with E-state index in [1.54, 1.807) is 29.4 Å². The molecule has 0 aliphatic carbocycles. The first kappa shape index (κ1) is 16.5. The number of nitrogens with zero attached hydrogens (tertiary/aromatic N) is 7. The Kier molecular flexibility index (Phi) is 4.26. The van der Waals surface area contributed by atoms with Crippen LogP contribution in [-0.4, -0.2) is 34.7 Å². The highest BCUT2D eigenvalue weighted by Crippen LogP contribution is 2.20. The van der Waals surface area contributed by atoms with Gasteiger partial charge in [0, 0.05) is 18.0 Å². The number of aryl methyl sites for hydroxylation is 3. The lowest BCUT2D eigenvalue weighted by Crippen LogP contribution is -2.10. The van der Waals surface area contributed by atoms with E-state index in [1.807, 2.05) is 30.8 Å². The summed E-state index contributed by atoms with van der Waals surface area (Å²) in [4.78, 5) is 8.63. The zero-order valence-electron chi connectivity index (χ0n) is 14.3. The molecule has 4 heterocycles. The van der Waals surface area contributed by atoms with Gasteiger partial charge in [0.05, 0.1) is 42.0 Å². The Morgan fingerprint density at radius 3 is 2.62 bits per heavy atom. The van der Waals surface area contributed by atoms with Crippen LogP contribution in [0.1, 0.15) is 11.4 Å². The van der Waals surface area contributed by atoms with Crippen molar-refractivity contribution >= 4 is 11.6 Å². The van der Waals surface area contributed by atoms with Crippen LogP contribution < -0.4 is 0 Å². The van der Waals surface area contributed by atoms with E-state index in [0.29, 0.717) is 35.4 Å². The van der Waals surface area contributed by atoms with Gasteiger partial charge < -0.3 is 4.42 Å². The molecule has 0 aliphatic heterocycles. The maximum atomic E-state index is 6.18. The summed E-state index contributed by atoms with van der Waals surface area (Å²) in [5.74, 6) is 1.16. The highest BCUT2D eigenvalue weighted by molar-refractivity contribution is 6.31. The molecule has 0 atom stereocenters. The number of aromatic nitrogens is 7. The van der Waals surface area contributed by atoms with Crippen LogP contribution in [0.5, 0.6) is 0 Å². The number of hydrogen-bond acceptors (Lipinski definition) is 6. The second kappa shape index (κ2) is 6.72. The van der Waals surface area contributed by atoms with E-state index in [1.165, 1.54) is 0 Å². The van der Waals surface area contributed by atoms with Crippen molar-refractivity contribution in [1.29, 1.82) is 0 Å². The van der Waals surface area contributed by atoms with Crippen molar-refractivity contribution in [1.82, 2.24) is 34.7 Å². The van der Waals surface area contributed by atoms with E-state index in [-0.39, 0.29) is 0 Å². The van der Waals surface area contributed by atoms with Crippen LogP contribution in [0.25, 0.3) is 22.8 Å². The first-order valence-corrected chi connectivity index (χ1v) is 8.45. The fourth-order valence-corrected chi connectivity index (χ4v) is 2.76. The fraction of sp³-hybridized carbons (Fsp3) is 0.235. The molecule has 0 amide bonds. The summed E-state index contributed by atoms with van der Waals surface area (Å²) in [6.45, 7) is 5.14. The predicted molar refractivity (Wildman–Crippen MR) is 95.5 cm³/mol. The van der Waals surface area contributed by atoms with Crippen LogP contribution in [0.3, 0.4) is 0 Å². The van der Waals surface area contributed by atoms with Gasteiger partial charge in [0.1, 0.15) is 5.69 Å². The number of halogens is 1. The lowest BCUT2D eigenvalue weighted by atomic mass is 10.2. The Hall–Kier alpha value is -3.00. The maximum absolute atomic E-state index is 6.18. The smallest absolute Gasteiger partial charge is 0.195 e. The second-order valence-corrected chi connectivity index (χ2v) is 6.23. The van der Waals surface area contributed by atoms with Gasteiger partial charge in [-0.25, -0.2) is 9.97 Å². The predicted octanol–water partition coefficient (Wildman–Crippen LogP) is 3.16. The Morgan fingerprint density at radius 1 is 1.15 bits per heavy atom. The van der Waals surface area contributed by atoms with E-state index in [2.05, 4.69) is 25.4 Å². The van der Waals surface area contributed by atoms with Crippen LogP contribution in [-0.2, 0) is 13.1 Å². The molecule has 0 fully saturated rings. The Labute approximate surface area is 154 Å². The van der Waals surface area contributed by atoms with Crippen LogP contribution in [0, 0.1) is 13.8 Å². The van der Waals surface area contributed by atoms with Gasteiger partial charge in [-0.15, -0.1) is 5.10 Å². The first-order chi connectivity index (χ1) is 12.6. The lowest BCUT2D eigenvalue weighted by molar-refractivity contribution is 0.481. The van der Waals surface area contributed by atoms with Gasteiger partial charge >= 0.3 is 0 Å². The summed E-state index contributed by atoms with van der Waals surface area (Å²) in [6.07, 6.45) is 6.87. The molecule has 26 heavy (non-hydrogen) atoms. The molecular weight excluding hydrogens is 354 g/mol. The minimum Gasteiger partial charge on any atom is -0.461 e. The van der Waals surface area contributed by atoms with Gasteiger partial charge in [-0.05, 0) is 26.0 Å². The summed E-state index contributed by atoms with van der Waals surface area (Å²) in [5, 5.41) is 13.5. The lowest BCUT2D eigenvalue weighted by Gasteiger charge is -2.03. The van der Waals surface area contributed by atoms with Gasteiger partial charge in [-0.1, -0.05) is 16.8 Å². The third-order valence-electron chi connectivity index (χ3n) is 4.06. The van der Waals surface area contributed by atoms with Crippen molar-refractivity contribution in [2.45, 2.75) is 26.9 Å². The number of furan rings is 1. The molecule has 0 unspecified atom stereocenters. The monoisotopic (exact) mass is 369 g/mol. The molecule has 0 spiro atoms. The molecule has 132 valence electrons. The molecule has 4 aromatic heterocycles. The van der Waals surface area contributed by atoms with Crippen molar-refractivity contribution in [3.63, 3.8) is 0 Å². The Balaban J connectivity index is 1.46. The fourth-order valence-electron chi connectivity index (χ4n) is 2.62. The Morgan fingerprint density at radius 2 is 1.96 bits per heavy atom. The molecule has 0 N–H and O–H groups in total. The zero-order chi connectivity index (χ0) is 18.1. The van der Waals surface area contributed by atoms with E-state index >= 15 is 0 Å². The standard InChI is InChI=1S/C17H16ClN7O/c1-11-16(18)12(2)25(22-11)6-5-24-10-14(21-23-24)13-8-19-17(20-9-13)15-4-3-7-26-15/h3-4,7-10H,5-6H2,1-2H3. The van der Waals surface area contributed by atoms with Crippen molar-refractivity contribution in [2.75, 3.05) is 0 Å². The zero-order valence-corrected chi connectivity index (χ0v) is 15.1. The molecule has 8 nitrogen and oxygen atoms in total. The van der Waals surface area contributed by atoms with Crippen LogP contribution in [0.4, 0.5) is 0 Å². The molecule has 0 aliphatic rings. The van der Waals surface area contributed by atoms with Crippen molar-refractivity contribution in [3.8, 4) is 22.8 Å². The second-order valence-electron chi connectivity index (χ2n) is 5.85. The molecule has 9 heteroatoms. The molecule has 0 bridgehead atoms. The third kappa shape index (κ3) is 3.11. The molecule has 0 radical (unpaired) electrons. The van der Waals surface area contributed by atoms with Gasteiger partial charge in [-0.2, -0.15) is 5.10 Å². The van der Waals surface area contributed by atoms with E-state index in [4.69, 9.17) is 16.0 Å². The quantitative estimate of drug-likeness (QED) is 0.537. The van der Waals surface area contributed by atoms with E-state index in [9.17, 15) is 0 Å². The Bertz CT molecular complexity index is 1020. The normalized spacial score (nSPS) is 11.2. The van der Waals surface area contributed by atoms with Gasteiger partial charge in [0.25, 0.3) is 0 Å². The van der Waals surface area contributed by atoms with Crippen molar-refractivity contribution < 1.29 is 4.42 Å². The highest BCUT2D eigenvalue weighted by atomic mass is 35.5. The average Bonchev–Trinajstić information content (AvgIpc) is 3.39. The summed E-state index contributed by atoms with van der Waals surface area (Å²) < 4.78 is 8.93. The average molecular weight is 370 g/mol. The molecule has 0 saturated heterocycles. The maximum Gasteiger partial charge on any atom is 0.195 e. The van der Waals surface area contributed by atoms with Crippen molar-refractivity contribution in [2.24, 2.45) is 0 Å². The van der Waals surface area contributed by atoms with E-state index in [0.717, 1.165) is 17.0 Å². The third-order valence-corrected chi connectivity index (χ3v) is 4.61. The number of hydrogen-bond donors (Lipinski definition) is 0. The first-order valence-electron chi connectivity index (χ1n) is 8.08. The SMILES string of the molecule is Cc1nn(CCn2cc(-c3cnc(-c4ccco4)nc3)nn2)c(C)c1Cl. The van der Waals surface area contributed by atoms with Crippen LogP contribution >= 0.6 is 11.6 Å². The van der Waals surface area contributed by atoms with Gasteiger partial charge in [-0.3, -0.25) is 9.36 Å². The molecule has 0 aromatic carbocycles. The summed E-state index contributed by atoms with van der Waals surface area (Å²) in [5.41, 5.74) is 3.28. The topological polar surface area (TPSA) is 87.5 Å². The molecule has 4 rings (SSSR count). The number of rotatable bonds is 5. The van der Waals surface area contributed by atoms with Gasteiger partial charge in [0.2, 0.25) is 0 Å². The van der Waals surface area contributed by atoms with E-state index < -0.39 is 0 Å². The van der Waals surface area contributed by atoms with Crippen molar-refractivity contribution in [3.05, 3.63) is 53.4 Å². The molecule has 0 saturated carbocycles. The van der Waals surface area contributed by atoms with Crippen LogP contribution in [0.2, 0.25) is 5.02 Å². The summed E-state index contributed by atoms with van der Waals surface area (Å²) in [6, 6.07) is 3.62. The molecule has 4 aromatic rings. The minimum atomic E-state index is 0.535. The van der Waals surface area contributed by atoms with Crippen LogP contribution in [0.15, 0.2) is 41.4 Å². The highest BCUT2D eigenvalue weighted by Gasteiger charge is 2.11. The molecular formula is C17H16ClN7O. The summed E-state index contributed by atoms with van der Waals surface area (Å²) in [7, 11) is 0. The summed E-state index contributed by atoms with van der Waals surface area (Å²) >= 11 is 6.18.